The Morgan fingerprint density at radius 3 is 2.38 bits per heavy atom. The van der Waals surface area contributed by atoms with E-state index in [0.29, 0.717) is 35.9 Å². The molecule has 2 aromatic rings. The van der Waals surface area contributed by atoms with Gasteiger partial charge >= 0.3 is 5.69 Å². The lowest BCUT2D eigenvalue weighted by molar-refractivity contribution is -0.386. The highest BCUT2D eigenvalue weighted by atomic mass is 35.5. The van der Waals surface area contributed by atoms with E-state index in [1.165, 1.54) is 0 Å². The summed E-state index contributed by atoms with van der Waals surface area (Å²) in [6, 6.07) is 0. The number of aryl methyl sites for hydroxylation is 3. The second kappa shape index (κ2) is 5.85. The van der Waals surface area contributed by atoms with E-state index in [1.54, 1.807) is 16.4 Å². The van der Waals surface area contributed by atoms with Crippen LogP contribution < -0.4 is 0 Å². The van der Waals surface area contributed by atoms with Gasteiger partial charge in [-0.2, -0.15) is 10.2 Å². The number of rotatable bonds is 5. The third kappa shape index (κ3) is 2.65. The van der Waals surface area contributed by atoms with E-state index < -0.39 is 0 Å². The Morgan fingerprint density at radius 1 is 1.29 bits per heavy atom. The van der Waals surface area contributed by atoms with Crippen LogP contribution in [-0.2, 0) is 26.4 Å². The van der Waals surface area contributed by atoms with Crippen molar-refractivity contribution in [2.24, 2.45) is 7.05 Å². The lowest BCUT2D eigenvalue weighted by Gasteiger charge is -2.05. The SMILES string of the molecule is CCc1nn(Cc2c(C)nn(C)c2Cl)c(CC)c1[N+](=O)[O-]. The highest BCUT2D eigenvalue weighted by Crippen LogP contribution is 2.27. The molecule has 0 aliphatic rings. The third-order valence-corrected chi connectivity index (χ3v) is 4.00. The summed E-state index contributed by atoms with van der Waals surface area (Å²) in [5, 5.41) is 20.5. The van der Waals surface area contributed by atoms with E-state index in [2.05, 4.69) is 10.2 Å². The first-order valence-electron chi connectivity index (χ1n) is 6.81. The molecule has 0 fully saturated rings. The van der Waals surface area contributed by atoms with Crippen LogP contribution in [0, 0.1) is 17.0 Å². The Balaban J connectivity index is 2.52. The molecular formula is C13H18ClN5O2. The summed E-state index contributed by atoms with van der Waals surface area (Å²) in [4.78, 5) is 10.9. The molecule has 0 aliphatic heterocycles. The highest BCUT2D eigenvalue weighted by Gasteiger charge is 2.26. The van der Waals surface area contributed by atoms with Crippen molar-refractivity contribution in [2.75, 3.05) is 0 Å². The van der Waals surface area contributed by atoms with Gasteiger partial charge in [0.25, 0.3) is 0 Å². The third-order valence-electron chi connectivity index (χ3n) is 3.53. The molecule has 2 rings (SSSR count). The van der Waals surface area contributed by atoms with E-state index in [9.17, 15) is 10.1 Å². The van der Waals surface area contributed by atoms with E-state index in [1.807, 2.05) is 20.8 Å². The normalized spacial score (nSPS) is 11.1. The summed E-state index contributed by atoms with van der Waals surface area (Å²) < 4.78 is 3.27. The van der Waals surface area contributed by atoms with Gasteiger partial charge in [-0.15, -0.1) is 0 Å². The second-order valence-electron chi connectivity index (χ2n) is 4.84. The topological polar surface area (TPSA) is 78.8 Å². The van der Waals surface area contributed by atoms with Gasteiger partial charge < -0.3 is 0 Å². The van der Waals surface area contributed by atoms with Gasteiger partial charge in [-0.3, -0.25) is 19.5 Å². The molecule has 114 valence electrons. The van der Waals surface area contributed by atoms with Gasteiger partial charge in [0.1, 0.15) is 16.5 Å². The van der Waals surface area contributed by atoms with E-state index >= 15 is 0 Å². The molecule has 21 heavy (non-hydrogen) atoms. The zero-order chi connectivity index (χ0) is 15.7. The van der Waals surface area contributed by atoms with Crippen LogP contribution in [0.5, 0.6) is 0 Å². The number of aromatic nitrogens is 4. The number of nitrogens with zero attached hydrogens (tertiary/aromatic N) is 5. The molecule has 0 amide bonds. The van der Waals surface area contributed by atoms with Crippen LogP contribution >= 0.6 is 11.6 Å². The fourth-order valence-corrected chi connectivity index (χ4v) is 2.71. The summed E-state index contributed by atoms with van der Waals surface area (Å²) in [6.07, 6.45) is 1.07. The second-order valence-corrected chi connectivity index (χ2v) is 5.20. The van der Waals surface area contributed by atoms with Gasteiger partial charge in [0, 0.05) is 12.6 Å². The van der Waals surface area contributed by atoms with E-state index in [4.69, 9.17) is 11.6 Å². The van der Waals surface area contributed by atoms with Crippen LogP contribution in [0.2, 0.25) is 5.15 Å². The summed E-state index contributed by atoms with van der Waals surface area (Å²) >= 11 is 6.23. The first kappa shape index (κ1) is 15.5. The van der Waals surface area contributed by atoms with Gasteiger partial charge in [0.2, 0.25) is 0 Å². The van der Waals surface area contributed by atoms with Crippen molar-refractivity contribution in [1.29, 1.82) is 0 Å². The number of hydrogen-bond donors (Lipinski definition) is 0. The molecule has 0 aliphatic carbocycles. The number of hydrogen-bond acceptors (Lipinski definition) is 4. The lowest BCUT2D eigenvalue weighted by atomic mass is 10.2. The average Bonchev–Trinajstić information content (AvgIpc) is 2.91. The average molecular weight is 312 g/mol. The van der Waals surface area contributed by atoms with Crippen LogP contribution in [0.4, 0.5) is 5.69 Å². The van der Waals surface area contributed by atoms with Crippen LogP contribution in [0.1, 0.15) is 36.5 Å². The van der Waals surface area contributed by atoms with Crippen molar-refractivity contribution in [3.8, 4) is 0 Å². The fraction of sp³-hybridized carbons (Fsp3) is 0.538. The molecule has 0 spiro atoms. The van der Waals surface area contributed by atoms with E-state index in [0.717, 1.165) is 11.3 Å². The molecule has 0 saturated carbocycles. The zero-order valence-corrected chi connectivity index (χ0v) is 13.3. The predicted molar refractivity (Wildman–Crippen MR) is 79.7 cm³/mol. The molecule has 0 radical (unpaired) electrons. The molecule has 0 saturated heterocycles. The van der Waals surface area contributed by atoms with Crippen LogP contribution in [-0.4, -0.2) is 24.5 Å². The van der Waals surface area contributed by atoms with Gasteiger partial charge in [-0.25, -0.2) is 0 Å². The lowest BCUT2D eigenvalue weighted by Crippen LogP contribution is -2.07. The van der Waals surface area contributed by atoms with Crippen LogP contribution in [0.25, 0.3) is 0 Å². The molecule has 0 N–H and O–H groups in total. The smallest absolute Gasteiger partial charge is 0.258 e. The van der Waals surface area contributed by atoms with Crippen molar-refractivity contribution < 1.29 is 4.92 Å². The molecule has 0 atom stereocenters. The highest BCUT2D eigenvalue weighted by molar-refractivity contribution is 6.30. The number of nitro groups is 1. The quantitative estimate of drug-likeness (QED) is 0.628. The summed E-state index contributed by atoms with van der Waals surface area (Å²) in [5.41, 5.74) is 2.90. The zero-order valence-electron chi connectivity index (χ0n) is 12.6. The first-order chi connectivity index (χ1) is 9.90. The summed E-state index contributed by atoms with van der Waals surface area (Å²) in [7, 11) is 1.77. The van der Waals surface area contributed by atoms with Crippen molar-refractivity contribution in [3.63, 3.8) is 0 Å². The minimum absolute atomic E-state index is 0.123. The molecule has 2 heterocycles. The van der Waals surface area contributed by atoms with E-state index in [-0.39, 0.29) is 10.6 Å². The Labute approximate surface area is 127 Å². The molecule has 8 heteroatoms. The summed E-state index contributed by atoms with van der Waals surface area (Å²) in [5.74, 6) is 0. The minimum atomic E-state index is -0.348. The minimum Gasteiger partial charge on any atom is -0.258 e. The summed E-state index contributed by atoms with van der Waals surface area (Å²) in [6.45, 7) is 6.01. The molecule has 0 aromatic carbocycles. The van der Waals surface area contributed by atoms with Crippen molar-refractivity contribution in [2.45, 2.75) is 40.2 Å². The largest absolute Gasteiger partial charge is 0.313 e. The molecule has 2 aromatic heterocycles. The van der Waals surface area contributed by atoms with Crippen molar-refractivity contribution in [1.82, 2.24) is 19.6 Å². The molecule has 7 nitrogen and oxygen atoms in total. The van der Waals surface area contributed by atoms with Gasteiger partial charge in [-0.1, -0.05) is 25.4 Å². The predicted octanol–water partition coefficient (Wildman–Crippen LogP) is 2.66. The van der Waals surface area contributed by atoms with Crippen LogP contribution in [0.3, 0.4) is 0 Å². The Hall–Kier alpha value is -1.89. The molecular weight excluding hydrogens is 294 g/mol. The Morgan fingerprint density at radius 2 is 1.95 bits per heavy atom. The van der Waals surface area contributed by atoms with Gasteiger partial charge in [0.05, 0.1) is 17.2 Å². The maximum absolute atomic E-state index is 11.3. The van der Waals surface area contributed by atoms with Crippen molar-refractivity contribution >= 4 is 17.3 Å². The standard InChI is InChI=1S/C13H18ClN5O2/c1-5-10-12(19(20)21)11(6-2)18(16-10)7-9-8(3)15-17(4)13(9)14/h5-7H2,1-4H3. The Bertz CT molecular complexity index is 689. The first-order valence-corrected chi connectivity index (χ1v) is 7.19. The monoisotopic (exact) mass is 311 g/mol. The van der Waals surface area contributed by atoms with Crippen molar-refractivity contribution in [3.05, 3.63) is 37.9 Å². The fourth-order valence-electron chi connectivity index (χ4n) is 2.48. The number of halogens is 1. The van der Waals surface area contributed by atoms with Crippen LogP contribution in [0.15, 0.2) is 0 Å². The van der Waals surface area contributed by atoms with Gasteiger partial charge in [0.15, 0.2) is 0 Å². The van der Waals surface area contributed by atoms with Gasteiger partial charge in [-0.05, 0) is 19.8 Å². The molecule has 0 unspecified atom stereocenters. The Kier molecular flexibility index (Phi) is 4.32. The maximum atomic E-state index is 11.3. The molecule has 0 bridgehead atoms. The maximum Gasteiger partial charge on any atom is 0.313 e.